The molecule has 1 fully saturated rings. The largest absolute Gasteiger partial charge is 0.404 e. The zero-order valence-electron chi connectivity index (χ0n) is 27.6. The zero-order chi connectivity index (χ0) is 34.1. The van der Waals surface area contributed by atoms with Crippen molar-refractivity contribution < 1.29 is 13.4 Å². The van der Waals surface area contributed by atoms with Crippen LogP contribution < -0.4 is 10.6 Å². The predicted molar refractivity (Wildman–Crippen MR) is 186 cm³/mol. The van der Waals surface area contributed by atoms with E-state index in [0.717, 1.165) is 37.6 Å². The van der Waals surface area contributed by atoms with Crippen molar-refractivity contribution in [1.82, 2.24) is 19.1 Å². The number of nitriles is 2. The van der Waals surface area contributed by atoms with Crippen molar-refractivity contribution in [2.45, 2.75) is 39.5 Å². The molecule has 0 amide bonds. The minimum atomic E-state index is -3.68. The lowest BCUT2D eigenvalue weighted by atomic mass is 10.1. The molecule has 1 saturated heterocycles. The highest BCUT2D eigenvalue weighted by Gasteiger charge is 2.30. The van der Waals surface area contributed by atoms with Crippen LogP contribution in [0.3, 0.4) is 0 Å². The second-order valence-corrected chi connectivity index (χ2v) is 13.2. The third kappa shape index (κ3) is 12.0. The molecular formula is C33H46N10O3S. The van der Waals surface area contributed by atoms with Gasteiger partial charge >= 0.3 is 0 Å². The number of rotatable bonds is 16. The molecule has 0 radical (unpaired) electrons. The minimum absolute atomic E-state index is 0.213. The van der Waals surface area contributed by atoms with Gasteiger partial charge in [-0.1, -0.05) is 35.5 Å². The van der Waals surface area contributed by atoms with E-state index in [4.69, 9.17) is 21.2 Å². The molecule has 1 aromatic heterocycles. The van der Waals surface area contributed by atoms with E-state index >= 15 is 0 Å². The molecule has 0 bridgehead atoms. The van der Waals surface area contributed by atoms with E-state index < -0.39 is 10.0 Å². The normalized spacial score (nSPS) is 16.9. The van der Waals surface area contributed by atoms with Gasteiger partial charge < -0.3 is 15.5 Å². The lowest BCUT2D eigenvalue weighted by Crippen LogP contribution is -2.49. The Bertz CT molecular complexity index is 1540. The molecule has 0 aliphatic carbocycles. The Labute approximate surface area is 279 Å². The smallest absolute Gasteiger partial charge is 0.218 e. The summed E-state index contributed by atoms with van der Waals surface area (Å²) in [7, 11) is -1.75. The van der Waals surface area contributed by atoms with Crippen molar-refractivity contribution in [2.24, 2.45) is 16.0 Å². The number of nitrogens with two attached hydrogens (primary N) is 1. The summed E-state index contributed by atoms with van der Waals surface area (Å²) in [6.07, 6.45) is 15.1. The average molecular weight is 663 g/mol. The molecular weight excluding hydrogens is 616 g/mol. The number of aromatic nitrogens is 1. The van der Waals surface area contributed by atoms with Gasteiger partial charge in [0.1, 0.15) is 11.9 Å². The van der Waals surface area contributed by atoms with Gasteiger partial charge in [0.25, 0.3) is 0 Å². The molecule has 3 rings (SSSR count). The summed E-state index contributed by atoms with van der Waals surface area (Å²) in [6.45, 7) is 8.69. The molecule has 0 aromatic carbocycles. The van der Waals surface area contributed by atoms with E-state index in [0.29, 0.717) is 74.4 Å². The van der Waals surface area contributed by atoms with Crippen LogP contribution in [0.5, 0.6) is 0 Å². The van der Waals surface area contributed by atoms with Gasteiger partial charge in [0.2, 0.25) is 10.0 Å². The number of oxime groups is 2. The summed E-state index contributed by atoms with van der Waals surface area (Å²) in [5.74, 6) is 0.508. The number of pyridine rings is 1. The molecule has 0 unspecified atom stereocenters. The summed E-state index contributed by atoms with van der Waals surface area (Å²) < 4.78 is 29.1. The first-order chi connectivity index (χ1) is 22.7. The summed E-state index contributed by atoms with van der Waals surface area (Å²) >= 11 is 0. The molecule has 14 heteroatoms. The van der Waals surface area contributed by atoms with Gasteiger partial charge in [-0.2, -0.15) is 14.8 Å². The zero-order valence-corrected chi connectivity index (χ0v) is 28.4. The fourth-order valence-corrected chi connectivity index (χ4v) is 6.60. The fraction of sp³-hybridized carbons (Fsp3) is 0.485. The van der Waals surface area contributed by atoms with Gasteiger partial charge in [-0.15, -0.1) is 0 Å². The number of nitrogens with zero attached hydrogens (tertiary/aromatic N) is 9. The Balaban J connectivity index is 1.67. The van der Waals surface area contributed by atoms with Gasteiger partial charge in [0.15, 0.2) is 0 Å². The number of allylic oxidation sites excluding steroid dienone is 4. The van der Waals surface area contributed by atoms with Crippen molar-refractivity contribution in [1.29, 1.82) is 10.5 Å². The molecule has 0 spiro atoms. The quantitative estimate of drug-likeness (QED) is 0.205. The Hall–Kier alpha value is -4.50. The van der Waals surface area contributed by atoms with Crippen LogP contribution in [-0.2, 0) is 15.0 Å². The predicted octanol–water partition coefficient (Wildman–Crippen LogP) is 3.34. The summed E-state index contributed by atoms with van der Waals surface area (Å²) in [4.78, 5) is 15.9. The Kier molecular flexibility index (Phi) is 15.1. The number of piperazine rings is 1. The second-order valence-electron chi connectivity index (χ2n) is 11.2. The number of likely N-dealkylation sites (N-methyl/N-ethyl adjacent to an activating group) is 2. The number of hydrogen-bond acceptors (Lipinski definition) is 12. The monoisotopic (exact) mass is 662 g/mol. The minimum Gasteiger partial charge on any atom is -0.404 e. The molecule has 13 nitrogen and oxygen atoms in total. The number of sulfonamides is 1. The highest BCUT2D eigenvalue weighted by molar-refractivity contribution is 7.89. The second kappa shape index (κ2) is 19.2. The highest BCUT2D eigenvalue weighted by atomic mass is 32.2. The molecule has 47 heavy (non-hydrogen) atoms. The highest BCUT2D eigenvalue weighted by Crippen LogP contribution is 2.20. The van der Waals surface area contributed by atoms with Gasteiger partial charge in [-0.05, 0) is 57.4 Å². The Morgan fingerprint density at radius 3 is 2.55 bits per heavy atom. The van der Waals surface area contributed by atoms with E-state index in [9.17, 15) is 8.42 Å². The van der Waals surface area contributed by atoms with Crippen molar-refractivity contribution in [3.63, 3.8) is 0 Å². The van der Waals surface area contributed by atoms with E-state index in [1.807, 2.05) is 42.1 Å². The van der Waals surface area contributed by atoms with Crippen LogP contribution in [-0.4, -0.2) is 104 Å². The lowest BCUT2D eigenvalue weighted by molar-refractivity contribution is 0.157. The fourth-order valence-electron chi connectivity index (χ4n) is 5.07. The standard InChI is InChI=1S/C33H46N10O3S/c1-4-9-31-12-13-32(39-46-38-31)30(26-40(3)16-17-41(5-2)15-8-6-7-10-28(22-34)23-35)27-47(44,45)43-20-18-42(19-21-43)33-14-11-29(24-36)25-37-33/h4,6,8-9,11,14,22,25-26H,5,7,10,12-13,15-21,27,34H2,1-3H3/b8-6-,9-4-,28-22+,30-26+. The van der Waals surface area contributed by atoms with Crippen molar-refractivity contribution in [3.8, 4) is 12.1 Å². The lowest BCUT2D eigenvalue weighted by Gasteiger charge is -2.35. The van der Waals surface area contributed by atoms with Crippen LogP contribution in [0.4, 0.5) is 5.82 Å². The summed E-state index contributed by atoms with van der Waals surface area (Å²) in [5, 5.41) is 26.3. The molecule has 0 atom stereocenters. The van der Waals surface area contributed by atoms with Crippen LogP contribution in [0.2, 0.25) is 0 Å². The summed E-state index contributed by atoms with van der Waals surface area (Å²) in [6, 6.07) is 7.66. The maximum Gasteiger partial charge on any atom is 0.218 e. The van der Waals surface area contributed by atoms with Gasteiger partial charge in [0, 0.05) is 82.6 Å². The number of anilines is 1. The number of hydrogen-bond donors (Lipinski definition) is 1. The van der Waals surface area contributed by atoms with Crippen molar-refractivity contribution in [3.05, 3.63) is 71.7 Å². The van der Waals surface area contributed by atoms with Crippen LogP contribution >= 0.6 is 0 Å². The molecule has 2 aliphatic rings. The van der Waals surface area contributed by atoms with Crippen LogP contribution in [0.1, 0.15) is 45.1 Å². The van der Waals surface area contributed by atoms with Gasteiger partial charge in [-0.25, -0.2) is 18.3 Å². The van der Waals surface area contributed by atoms with E-state index in [2.05, 4.69) is 51.4 Å². The molecule has 0 saturated carbocycles. The maximum absolute atomic E-state index is 13.8. The van der Waals surface area contributed by atoms with E-state index in [-0.39, 0.29) is 5.75 Å². The van der Waals surface area contributed by atoms with Gasteiger partial charge in [0.05, 0.1) is 28.8 Å². The van der Waals surface area contributed by atoms with Crippen molar-refractivity contribution in [2.75, 3.05) is 70.1 Å². The SMILES string of the molecule is C/C=C\C1=NON=C(/C(=C/N(C)CCN(CC)C/C=C\CC/C(C#N)=C\N)CS(=O)(=O)N2CCN(c3ccc(C#N)cn3)CC2)CC1. The maximum atomic E-state index is 13.8. The van der Waals surface area contributed by atoms with Crippen molar-refractivity contribution >= 4 is 27.3 Å². The molecule has 2 aliphatic heterocycles. The van der Waals surface area contributed by atoms with Gasteiger partial charge in [-0.3, -0.25) is 4.90 Å². The van der Waals surface area contributed by atoms with Crippen LogP contribution in [0.25, 0.3) is 0 Å². The molecule has 2 N–H and O–H groups in total. The molecule has 1 aromatic rings. The molecule has 3 heterocycles. The Morgan fingerprint density at radius 2 is 1.91 bits per heavy atom. The first kappa shape index (κ1) is 37.0. The first-order valence-electron chi connectivity index (χ1n) is 15.8. The first-order valence-corrected chi connectivity index (χ1v) is 17.4. The van der Waals surface area contributed by atoms with E-state index in [1.165, 1.54) is 16.7 Å². The van der Waals surface area contributed by atoms with Crippen LogP contribution in [0.15, 0.2) is 76.5 Å². The van der Waals surface area contributed by atoms with Crippen LogP contribution in [0, 0.1) is 22.7 Å². The molecule has 252 valence electrons. The average Bonchev–Trinajstić information content (AvgIpc) is 3.33. The Morgan fingerprint density at radius 1 is 1.13 bits per heavy atom. The third-order valence-electron chi connectivity index (χ3n) is 7.88. The van der Waals surface area contributed by atoms with E-state index in [1.54, 1.807) is 12.1 Å². The topological polar surface area (TPSA) is 168 Å². The third-order valence-corrected chi connectivity index (χ3v) is 9.70. The summed E-state index contributed by atoms with van der Waals surface area (Å²) in [5.41, 5.74) is 8.38.